The van der Waals surface area contributed by atoms with Crippen molar-refractivity contribution in [2.24, 2.45) is 5.73 Å². The molecule has 0 aliphatic carbocycles. The molecule has 0 aliphatic heterocycles. The van der Waals surface area contributed by atoms with Crippen LogP contribution in [0.2, 0.25) is 0 Å². The Kier molecular flexibility index (Phi) is 6.01. The van der Waals surface area contributed by atoms with Crippen molar-refractivity contribution in [1.82, 2.24) is 0 Å². The highest BCUT2D eigenvalue weighted by Gasteiger charge is 2.17. The number of nitrogens with one attached hydrogen (secondary N) is 1. The van der Waals surface area contributed by atoms with Gasteiger partial charge < -0.3 is 10.6 Å². The zero-order chi connectivity index (χ0) is 20.1. The second-order valence-electron chi connectivity index (χ2n) is 6.33. The molecule has 8 heteroatoms. The van der Waals surface area contributed by atoms with Crippen molar-refractivity contribution in [3.05, 3.63) is 77.2 Å². The van der Waals surface area contributed by atoms with E-state index in [9.17, 15) is 13.2 Å². The van der Waals surface area contributed by atoms with E-state index in [0.29, 0.717) is 17.9 Å². The van der Waals surface area contributed by atoms with Gasteiger partial charge in [-0.05, 0) is 42.8 Å². The standard InChI is InChI=1S/C20H21N3O3S2/c1-15-10-11-20(27-15)28(25,26)22-17-8-5-9-18(12-17)23(14-19(21)24)13-16-6-3-2-4-7-16/h2-12,22H,13-14H2,1H3,(H2,21,24). The lowest BCUT2D eigenvalue weighted by Crippen LogP contribution is -2.33. The fraction of sp³-hybridized carbons (Fsp3) is 0.150. The molecule has 2 aromatic carbocycles. The molecule has 0 bridgehead atoms. The molecule has 3 N–H and O–H groups in total. The van der Waals surface area contributed by atoms with Crippen LogP contribution >= 0.6 is 11.3 Å². The second kappa shape index (κ2) is 8.45. The van der Waals surface area contributed by atoms with Crippen LogP contribution in [0.3, 0.4) is 0 Å². The van der Waals surface area contributed by atoms with Crippen LogP contribution in [0.4, 0.5) is 11.4 Å². The summed E-state index contributed by atoms with van der Waals surface area (Å²) in [6, 6.07) is 20.0. The quantitative estimate of drug-likeness (QED) is 0.590. The van der Waals surface area contributed by atoms with Gasteiger partial charge in [0, 0.05) is 17.1 Å². The van der Waals surface area contributed by atoms with Gasteiger partial charge in [0.05, 0.1) is 12.2 Å². The number of benzene rings is 2. The average molecular weight is 416 g/mol. The number of hydrogen-bond acceptors (Lipinski definition) is 5. The molecule has 0 radical (unpaired) electrons. The summed E-state index contributed by atoms with van der Waals surface area (Å²) in [5.41, 5.74) is 7.55. The summed E-state index contributed by atoms with van der Waals surface area (Å²) in [4.78, 5) is 14.3. The van der Waals surface area contributed by atoms with Crippen molar-refractivity contribution in [1.29, 1.82) is 0 Å². The largest absolute Gasteiger partial charge is 0.368 e. The first-order valence-electron chi connectivity index (χ1n) is 8.60. The van der Waals surface area contributed by atoms with Crippen molar-refractivity contribution in [2.45, 2.75) is 17.7 Å². The van der Waals surface area contributed by atoms with Gasteiger partial charge in [-0.2, -0.15) is 0 Å². The van der Waals surface area contributed by atoms with E-state index < -0.39 is 15.9 Å². The monoisotopic (exact) mass is 415 g/mol. The number of nitrogens with two attached hydrogens (primary N) is 1. The van der Waals surface area contributed by atoms with E-state index in [0.717, 1.165) is 10.4 Å². The molecule has 28 heavy (non-hydrogen) atoms. The van der Waals surface area contributed by atoms with E-state index in [1.165, 1.54) is 11.3 Å². The number of aryl methyl sites for hydroxylation is 1. The molecule has 0 aliphatic rings. The smallest absolute Gasteiger partial charge is 0.271 e. The summed E-state index contributed by atoms with van der Waals surface area (Å²) in [6.07, 6.45) is 0. The molecular weight excluding hydrogens is 394 g/mol. The first-order chi connectivity index (χ1) is 13.3. The minimum atomic E-state index is -3.66. The molecule has 0 saturated carbocycles. The highest BCUT2D eigenvalue weighted by atomic mass is 32.2. The summed E-state index contributed by atoms with van der Waals surface area (Å²) < 4.78 is 28.0. The van der Waals surface area contributed by atoms with Crippen LogP contribution in [-0.4, -0.2) is 20.9 Å². The van der Waals surface area contributed by atoms with Crippen molar-refractivity contribution >= 4 is 38.6 Å². The molecule has 1 heterocycles. The number of primary amides is 1. The minimum absolute atomic E-state index is 0.0230. The first-order valence-corrected chi connectivity index (χ1v) is 10.9. The molecule has 0 saturated heterocycles. The van der Waals surface area contributed by atoms with Gasteiger partial charge in [0.15, 0.2) is 0 Å². The number of nitrogens with zero attached hydrogens (tertiary/aromatic N) is 1. The van der Waals surface area contributed by atoms with E-state index in [1.807, 2.05) is 48.2 Å². The second-order valence-corrected chi connectivity index (χ2v) is 9.53. The molecule has 6 nitrogen and oxygen atoms in total. The van der Waals surface area contributed by atoms with Gasteiger partial charge in [0.1, 0.15) is 4.21 Å². The lowest BCUT2D eigenvalue weighted by molar-refractivity contribution is -0.116. The number of hydrogen-bond donors (Lipinski definition) is 2. The maximum atomic E-state index is 12.6. The fourth-order valence-corrected chi connectivity index (χ4v) is 5.09. The van der Waals surface area contributed by atoms with E-state index in [4.69, 9.17) is 5.73 Å². The van der Waals surface area contributed by atoms with E-state index >= 15 is 0 Å². The third-order valence-corrected chi connectivity index (χ3v) is 6.88. The summed E-state index contributed by atoms with van der Waals surface area (Å²) >= 11 is 1.21. The van der Waals surface area contributed by atoms with E-state index in [2.05, 4.69) is 4.72 Å². The average Bonchev–Trinajstić information content (AvgIpc) is 3.09. The Labute approximate surface area is 168 Å². The molecule has 1 amide bonds. The maximum Gasteiger partial charge on any atom is 0.271 e. The Morgan fingerprint density at radius 2 is 1.82 bits per heavy atom. The molecule has 0 spiro atoms. The Hall–Kier alpha value is -2.84. The van der Waals surface area contributed by atoms with Gasteiger partial charge >= 0.3 is 0 Å². The molecule has 0 atom stereocenters. The predicted octanol–water partition coefficient (Wildman–Crippen LogP) is 3.35. The summed E-state index contributed by atoms with van der Waals surface area (Å²) in [5.74, 6) is -0.462. The summed E-state index contributed by atoms with van der Waals surface area (Å²) in [6.45, 7) is 2.36. The van der Waals surface area contributed by atoms with Gasteiger partial charge in [-0.3, -0.25) is 9.52 Å². The number of anilines is 2. The highest BCUT2D eigenvalue weighted by Crippen LogP contribution is 2.26. The number of carbonyl (C=O) groups is 1. The number of rotatable bonds is 8. The van der Waals surface area contributed by atoms with E-state index in [-0.39, 0.29) is 10.8 Å². The van der Waals surface area contributed by atoms with Crippen molar-refractivity contribution in [3.8, 4) is 0 Å². The van der Waals surface area contributed by atoms with Gasteiger partial charge in [-0.25, -0.2) is 8.42 Å². The molecule has 1 aromatic heterocycles. The number of amides is 1. The van der Waals surface area contributed by atoms with Gasteiger partial charge in [0.25, 0.3) is 10.0 Å². The Bertz CT molecular complexity index is 1060. The molecule has 3 rings (SSSR count). The maximum absolute atomic E-state index is 12.6. The molecule has 3 aromatic rings. The van der Waals surface area contributed by atoms with Crippen LogP contribution in [0, 0.1) is 6.92 Å². The Morgan fingerprint density at radius 1 is 1.07 bits per heavy atom. The van der Waals surface area contributed by atoms with Crippen LogP contribution in [-0.2, 0) is 21.4 Å². The molecule has 0 unspecified atom stereocenters. The van der Waals surface area contributed by atoms with E-state index in [1.54, 1.807) is 30.3 Å². The van der Waals surface area contributed by atoms with Crippen LogP contribution in [0.1, 0.15) is 10.4 Å². The van der Waals surface area contributed by atoms with Crippen molar-refractivity contribution in [2.75, 3.05) is 16.2 Å². The van der Waals surface area contributed by atoms with Crippen LogP contribution < -0.4 is 15.4 Å². The lowest BCUT2D eigenvalue weighted by Gasteiger charge is -2.24. The fourth-order valence-electron chi connectivity index (χ4n) is 2.76. The third-order valence-electron chi connectivity index (χ3n) is 4.01. The Balaban J connectivity index is 1.85. The first kappa shape index (κ1) is 19.9. The number of sulfonamides is 1. The van der Waals surface area contributed by atoms with Crippen molar-refractivity contribution < 1.29 is 13.2 Å². The highest BCUT2D eigenvalue weighted by molar-refractivity contribution is 7.94. The van der Waals surface area contributed by atoms with Crippen LogP contribution in [0.5, 0.6) is 0 Å². The number of carbonyl (C=O) groups excluding carboxylic acids is 1. The molecular formula is C20H21N3O3S2. The predicted molar refractivity (Wildman–Crippen MR) is 113 cm³/mol. The van der Waals surface area contributed by atoms with Crippen LogP contribution in [0.25, 0.3) is 0 Å². The van der Waals surface area contributed by atoms with Gasteiger partial charge in [0.2, 0.25) is 5.91 Å². The lowest BCUT2D eigenvalue weighted by atomic mass is 10.2. The zero-order valence-corrected chi connectivity index (χ0v) is 17.0. The number of thiophene rings is 1. The minimum Gasteiger partial charge on any atom is -0.368 e. The third kappa shape index (κ3) is 5.11. The van der Waals surface area contributed by atoms with Crippen LogP contribution in [0.15, 0.2) is 70.9 Å². The van der Waals surface area contributed by atoms with Gasteiger partial charge in [-0.15, -0.1) is 11.3 Å². The molecule has 146 valence electrons. The summed E-state index contributed by atoms with van der Waals surface area (Å²) in [7, 11) is -3.66. The normalized spacial score (nSPS) is 11.2. The topological polar surface area (TPSA) is 92.5 Å². The van der Waals surface area contributed by atoms with Crippen molar-refractivity contribution in [3.63, 3.8) is 0 Å². The van der Waals surface area contributed by atoms with Gasteiger partial charge in [-0.1, -0.05) is 36.4 Å². The summed E-state index contributed by atoms with van der Waals surface area (Å²) in [5, 5.41) is 0. The Morgan fingerprint density at radius 3 is 2.46 bits per heavy atom. The zero-order valence-electron chi connectivity index (χ0n) is 15.3. The molecule has 0 fully saturated rings. The SMILES string of the molecule is Cc1ccc(S(=O)(=O)Nc2cccc(N(CC(N)=O)Cc3ccccc3)c2)s1.